The Bertz CT molecular complexity index is 639. The Labute approximate surface area is 163 Å². The van der Waals surface area contributed by atoms with Gasteiger partial charge in [-0.05, 0) is 41.6 Å². The molecule has 2 saturated carbocycles. The Hall–Kier alpha value is -0.800. The van der Waals surface area contributed by atoms with E-state index in [1.165, 1.54) is 12.0 Å². The highest BCUT2D eigenvalue weighted by Crippen LogP contribution is 2.65. The molecule has 3 heteroatoms. The third-order valence-corrected chi connectivity index (χ3v) is 9.20. The summed E-state index contributed by atoms with van der Waals surface area (Å²) in [6.07, 6.45) is 2.67. The van der Waals surface area contributed by atoms with Crippen LogP contribution in [0.2, 0.25) is 0 Å². The number of aliphatic hydroxyl groups is 1. The third kappa shape index (κ3) is 3.16. The van der Waals surface area contributed by atoms with Crippen LogP contribution in [0.1, 0.15) is 64.7 Å². The molecule has 0 amide bonds. The molecular formula is C23H34O2S. The van der Waals surface area contributed by atoms with E-state index in [9.17, 15) is 9.90 Å². The Balaban J connectivity index is 1.84. The van der Waals surface area contributed by atoms with Gasteiger partial charge in [0, 0.05) is 22.8 Å². The van der Waals surface area contributed by atoms with Gasteiger partial charge < -0.3 is 5.11 Å². The van der Waals surface area contributed by atoms with Crippen LogP contribution in [0.3, 0.4) is 0 Å². The lowest BCUT2D eigenvalue weighted by atomic mass is 9.70. The first-order chi connectivity index (χ1) is 12.2. The summed E-state index contributed by atoms with van der Waals surface area (Å²) in [6.45, 7) is 10.9. The molecule has 26 heavy (non-hydrogen) atoms. The lowest BCUT2D eigenvalue weighted by Crippen LogP contribution is -2.39. The second kappa shape index (κ2) is 7.31. The van der Waals surface area contributed by atoms with E-state index < -0.39 is 0 Å². The van der Waals surface area contributed by atoms with E-state index >= 15 is 0 Å². The molecule has 0 spiro atoms. The van der Waals surface area contributed by atoms with E-state index in [-0.39, 0.29) is 34.0 Å². The fraction of sp³-hybridized carbons (Fsp3) is 0.696. The van der Waals surface area contributed by atoms with Crippen molar-refractivity contribution in [1.82, 2.24) is 0 Å². The molecule has 1 aromatic rings. The number of thioether (sulfide) groups is 1. The summed E-state index contributed by atoms with van der Waals surface area (Å²) < 4.78 is 0. The van der Waals surface area contributed by atoms with Crippen molar-refractivity contribution in [2.45, 2.75) is 65.2 Å². The Morgan fingerprint density at radius 2 is 1.85 bits per heavy atom. The van der Waals surface area contributed by atoms with E-state index in [1.54, 1.807) is 0 Å². The van der Waals surface area contributed by atoms with Crippen LogP contribution >= 0.6 is 11.8 Å². The van der Waals surface area contributed by atoms with Crippen molar-refractivity contribution in [2.75, 3.05) is 5.75 Å². The van der Waals surface area contributed by atoms with E-state index in [4.69, 9.17) is 0 Å². The normalized spacial score (nSPS) is 30.6. The van der Waals surface area contributed by atoms with E-state index in [1.807, 2.05) is 17.8 Å². The molecule has 0 radical (unpaired) electrons. The summed E-state index contributed by atoms with van der Waals surface area (Å²) in [4.78, 5) is 12.9. The fourth-order valence-electron chi connectivity index (χ4n) is 5.32. The van der Waals surface area contributed by atoms with Gasteiger partial charge in [0.25, 0.3) is 0 Å². The first-order valence-electron chi connectivity index (χ1n) is 10.1. The summed E-state index contributed by atoms with van der Waals surface area (Å²) in [5.74, 6) is 2.30. The molecule has 0 unspecified atom stereocenters. The SMILES string of the molecule is CC(C)[C@H](O)[C@@H](C)[C@@H](SC[C@]12CC[C@H](CC1=O)C2(C)C)c1ccccc1. The highest BCUT2D eigenvalue weighted by Gasteiger charge is 2.63. The number of hydrogen-bond acceptors (Lipinski definition) is 3. The smallest absolute Gasteiger partial charge is 0.140 e. The molecule has 0 aliphatic heterocycles. The monoisotopic (exact) mass is 374 g/mol. The molecule has 2 fully saturated rings. The Kier molecular flexibility index (Phi) is 5.61. The summed E-state index contributed by atoms with van der Waals surface area (Å²) in [5, 5.41) is 10.9. The minimum absolute atomic E-state index is 0.109. The van der Waals surface area contributed by atoms with Crippen LogP contribution in [0, 0.1) is 28.6 Å². The average molecular weight is 375 g/mol. The molecule has 1 aromatic carbocycles. The van der Waals surface area contributed by atoms with Crippen molar-refractivity contribution < 1.29 is 9.90 Å². The second-order valence-electron chi connectivity index (χ2n) is 9.40. The lowest BCUT2D eigenvalue weighted by molar-refractivity contribution is -0.127. The maximum atomic E-state index is 12.9. The number of hydrogen-bond donors (Lipinski definition) is 1. The molecule has 1 N–H and O–H groups in total. The van der Waals surface area contributed by atoms with Crippen molar-refractivity contribution in [2.24, 2.45) is 28.6 Å². The van der Waals surface area contributed by atoms with Crippen molar-refractivity contribution in [3.05, 3.63) is 35.9 Å². The van der Waals surface area contributed by atoms with Crippen molar-refractivity contribution in [3.63, 3.8) is 0 Å². The zero-order chi connectivity index (χ0) is 19.1. The zero-order valence-corrected chi connectivity index (χ0v) is 17.7. The molecule has 2 aliphatic rings. The maximum absolute atomic E-state index is 12.9. The van der Waals surface area contributed by atoms with Crippen LogP contribution < -0.4 is 0 Å². The number of benzene rings is 1. The summed E-state index contributed by atoms with van der Waals surface area (Å²) in [7, 11) is 0. The number of fused-ring (bicyclic) bond motifs is 2. The average Bonchev–Trinajstić information content (AvgIpc) is 2.96. The van der Waals surface area contributed by atoms with Gasteiger partial charge in [0.2, 0.25) is 0 Å². The van der Waals surface area contributed by atoms with Gasteiger partial charge in [-0.2, -0.15) is 11.8 Å². The highest BCUT2D eigenvalue weighted by atomic mass is 32.2. The van der Waals surface area contributed by atoms with Crippen LogP contribution in [0.25, 0.3) is 0 Å². The van der Waals surface area contributed by atoms with Gasteiger partial charge in [0.1, 0.15) is 5.78 Å². The number of carbonyl (C=O) groups is 1. The predicted octanol–water partition coefficient (Wildman–Crippen LogP) is 5.51. The van der Waals surface area contributed by atoms with Crippen molar-refractivity contribution in [3.8, 4) is 0 Å². The molecule has 2 nitrogen and oxygen atoms in total. The lowest BCUT2D eigenvalue weighted by Gasteiger charge is -2.39. The number of ketones is 1. The van der Waals surface area contributed by atoms with Gasteiger partial charge in [0.15, 0.2) is 0 Å². The van der Waals surface area contributed by atoms with Crippen LogP contribution in [0.4, 0.5) is 0 Å². The number of rotatable bonds is 7. The van der Waals surface area contributed by atoms with Gasteiger partial charge in [-0.25, -0.2) is 0 Å². The minimum atomic E-state index is -0.339. The van der Waals surface area contributed by atoms with Crippen LogP contribution in [0.15, 0.2) is 30.3 Å². The molecule has 0 aromatic heterocycles. The van der Waals surface area contributed by atoms with Crippen molar-refractivity contribution in [1.29, 1.82) is 0 Å². The first kappa shape index (κ1) is 19.9. The van der Waals surface area contributed by atoms with Gasteiger partial charge in [0.05, 0.1) is 6.10 Å². The highest BCUT2D eigenvalue weighted by molar-refractivity contribution is 7.99. The van der Waals surface area contributed by atoms with Gasteiger partial charge in [-0.1, -0.05) is 65.0 Å². The molecule has 144 valence electrons. The predicted molar refractivity (Wildman–Crippen MR) is 110 cm³/mol. The molecular weight excluding hydrogens is 340 g/mol. The van der Waals surface area contributed by atoms with E-state index in [2.05, 4.69) is 58.9 Å². The van der Waals surface area contributed by atoms with Gasteiger partial charge >= 0.3 is 0 Å². The van der Waals surface area contributed by atoms with Crippen LogP contribution in [-0.2, 0) is 4.79 Å². The maximum Gasteiger partial charge on any atom is 0.140 e. The van der Waals surface area contributed by atoms with Gasteiger partial charge in [-0.3, -0.25) is 4.79 Å². The molecule has 0 saturated heterocycles. The molecule has 3 rings (SSSR count). The first-order valence-corrected chi connectivity index (χ1v) is 11.1. The van der Waals surface area contributed by atoms with Gasteiger partial charge in [-0.15, -0.1) is 0 Å². The summed E-state index contributed by atoms with van der Waals surface area (Å²) in [6, 6.07) is 10.5. The van der Waals surface area contributed by atoms with E-state index in [0.717, 1.165) is 18.6 Å². The molecule has 5 atom stereocenters. The Morgan fingerprint density at radius 3 is 2.35 bits per heavy atom. The standard InChI is InChI=1S/C23H34O2S/c1-15(2)20(25)16(3)21(17-9-7-6-8-10-17)26-14-23-12-11-18(13-19(23)24)22(23,4)5/h6-10,15-16,18,20-21,25H,11-14H2,1-5H3/t16-,18-,20+,21-,23-/m1/s1. The summed E-state index contributed by atoms with van der Waals surface area (Å²) >= 11 is 1.90. The zero-order valence-electron chi connectivity index (χ0n) is 16.9. The molecule has 0 heterocycles. The third-order valence-electron chi connectivity index (χ3n) is 7.48. The Morgan fingerprint density at radius 1 is 1.19 bits per heavy atom. The summed E-state index contributed by atoms with van der Waals surface area (Å²) in [5.41, 5.74) is 1.20. The molecule has 2 bridgehead atoms. The number of carbonyl (C=O) groups excluding carboxylic acids is 1. The quantitative estimate of drug-likeness (QED) is 0.684. The van der Waals surface area contributed by atoms with Crippen LogP contribution in [0.5, 0.6) is 0 Å². The topological polar surface area (TPSA) is 37.3 Å². The van der Waals surface area contributed by atoms with Crippen molar-refractivity contribution >= 4 is 17.5 Å². The minimum Gasteiger partial charge on any atom is -0.393 e. The number of aliphatic hydroxyl groups excluding tert-OH is 1. The molecule has 2 aliphatic carbocycles. The number of Topliss-reactive ketones (excluding diaryl/α,β-unsaturated/α-hetero) is 1. The van der Waals surface area contributed by atoms with E-state index in [0.29, 0.717) is 11.7 Å². The fourth-order valence-corrected chi connectivity index (χ4v) is 7.28. The second-order valence-corrected chi connectivity index (χ2v) is 10.5. The largest absolute Gasteiger partial charge is 0.393 e. The van der Waals surface area contributed by atoms with Crippen LogP contribution in [-0.4, -0.2) is 22.7 Å².